The van der Waals surface area contributed by atoms with E-state index in [1.807, 2.05) is 6.07 Å². The summed E-state index contributed by atoms with van der Waals surface area (Å²) in [5.41, 5.74) is 3.08. The van der Waals surface area contributed by atoms with Gasteiger partial charge in [-0.3, -0.25) is 0 Å². The minimum atomic E-state index is -0.495. The van der Waals surface area contributed by atoms with E-state index in [2.05, 4.69) is 50.4 Å². The molecule has 0 saturated heterocycles. The first-order valence-corrected chi connectivity index (χ1v) is 6.94. The molecule has 0 unspecified atom stereocenters. The summed E-state index contributed by atoms with van der Waals surface area (Å²) in [5, 5.41) is 12.1. The SMILES string of the molecule is CC(C)(C)c1ccc(CNc2cccc(F)c2C#N)cc1. The summed E-state index contributed by atoms with van der Waals surface area (Å²) in [7, 11) is 0. The van der Waals surface area contributed by atoms with Crippen LogP contribution in [0.3, 0.4) is 0 Å². The third-order valence-electron chi connectivity index (χ3n) is 3.43. The third-order valence-corrected chi connectivity index (χ3v) is 3.43. The van der Waals surface area contributed by atoms with Crippen LogP contribution in [0, 0.1) is 17.1 Å². The highest BCUT2D eigenvalue weighted by Crippen LogP contribution is 2.23. The van der Waals surface area contributed by atoms with Crippen LogP contribution in [0.1, 0.15) is 37.5 Å². The third kappa shape index (κ3) is 3.61. The average molecular weight is 282 g/mol. The largest absolute Gasteiger partial charge is 0.380 e. The molecule has 0 bridgehead atoms. The van der Waals surface area contributed by atoms with Crippen molar-refractivity contribution in [3.8, 4) is 6.07 Å². The topological polar surface area (TPSA) is 35.8 Å². The molecule has 0 fully saturated rings. The lowest BCUT2D eigenvalue weighted by Crippen LogP contribution is -2.11. The molecular formula is C18H19FN2. The molecule has 0 amide bonds. The van der Waals surface area contributed by atoms with Gasteiger partial charge in [0.15, 0.2) is 0 Å². The summed E-state index contributed by atoms with van der Waals surface area (Å²) in [6.07, 6.45) is 0. The second kappa shape index (κ2) is 5.97. The Morgan fingerprint density at radius 3 is 2.33 bits per heavy atom. The molecular weight excluding hydrogens is 263 g/mol. The molecule has 0 radical (unpaired) electrons. The van der Waals surface area contributed by atoms with Gasteiger partial charge in [-0.1, -0.05) is 51.1 Å². The lowest BCUT2D eigenvalue weighted by molar-refractivity contribution is 0.590. The van der Waals surface area contributed by atoms with E-state index in [9.17, 15) is 4.39 Å². The zero-order valence-corrected chi connectivity index (χ0v) is 12.6. The number of nitrogens with one attached hydrogen (secondary N) is 1. The normalized spacial score (nSPS) is 11.0. The van der Waals surface area contributed by atoms with Gasteiger partial charge in [0.25, 0.3) is 0 Å². The molecule has 21 heavy (non-hydrogen) atoms. The molecule has 0 aromatic heterocycles. The Morgan fingerprint density at radius 2 is 1.76 bits per heavy atom. The number of anilines is 1. The summed E-state index contributed by atoms with van der Waals surface area (Å²) >= 11 is 0. The maximum absolute atomic E-state index is 13.5. The van der Waals surface area contributed by atoms with Crippen LogP contribution in [0.5, 0.6) is 0 Å². The van der Waals surface area contributed by atoms with Crippen molar-refractivity contribution >= 4 is 5.69 Å². The Kier molecular flexibility index (Phi) is 4.28. The van der Waals surface area contributed by atoms with Crippen molar-refractivity contribution in [2.24, 2.45) is 0 Å². The summed E-state index contributed by atoms with van der Waals surface area (Å²) < 4.78 is 13.5. The maximum atomic E-state index is 13.5. The zero-order chi connectivity index (χ0) is 15.5. The van der Waals surface area contributed by atoms with Gasteiger partial charge in [-0.05, 0) is 28.7 Å². The summed E-state index contributed by atoms with van der Waals surface area (Å²) in [4.78, 5) is 0. The van der Waals surface area contributed by atoms with Crippen LogP contribution < -0.4 is 5.32 Å². The number of nitrogens with zero attached hydrogens (tertiary/aromatic N) is 1. The number of halogens is 1. The Bertz CT molecular complexity index is 661. The van der Waals surface area contributed by atoms with Crippen LogP contribution >= 0.6 is 0 Å². The van der Waals surface area contributed by atoms with Crippen molar-refractivity contribution in [2.75, 3.05) is 5.32 Å². The fraction of sp³-hybridized carbons (Fsp3) is 0.278. The van der Waals surface area contributed by atoms with E-state index in [-0.39, 0.29) is 11.0 Å². The van der Waals surface area contributed by atoms with Gasteiger partial charge >= 0.3 is 0 Å². The van der Waals surface area contributed by atoms with Gasteiger partial charge in [-0.2, -0.15) is 5.26 Å². The van der Waals surface area contributed by atoms with Crippen molar-refractivity contribution in [3.63, 3.8) is 0 Å². The zero-order valence-electron chi connectivity index (χ0n) is 12.6. The monoisotopic (exact) mass is 282 g/mol. The van der Waals surface area contributed by atoms with Gasteiger partial charge in [0.2, 0.25) is 0 Å². The molecule has 0 aliphatic carbocycles. The smallest absolute Gasteiger partial charge is 0.143 e. The van der Waals surface area contributed by atoms with E-state index in [4.69, 9.17) is 5.26 Å². The molecule has 0 heterocycles. The highest BCUT2D eigenvalue weighted by atomic mass is 19.1. The molecule has 0 atom stereocenters. The van der Waals surface area contributed by atoms with Crippen molar-refractivity contribution < 1.29 is 4.39 Å². The van der Waals surface area contributed by atoms with Gasteiger partial charge < -0.3 is 5.32 Å². The molecule has 0 saturated carbocycles. The Labute approximate surface area is 125 Å². The fourth-order valence-corrected chi connectivity index (χ4v) is 2.10. The van der Waals surface area contributed by atoms with Crippen molar-refractivity contribution in [1.29, 1.82) is 5.26 Å². The molecule has 0 spiro atoms. The first kappa shape index (κ1) is 15.1. The highest BCUT2D eigenvalue weighted by Gasteiger charge is 2.13. The fourth-order valence-electron chi connectivity index (χ4n) is 2.10. The summed E-state index contributed by atoms with van der Waals surface area (Å²) in [5.74, 6) is -0.495. The predicted octanol–water partition coefficient (Wildman–Crippen LogP) is 4.61. The molecule has 108 valence electrons. The minimum Gasteiger partial charge on any atom is -0.380 e. The van der Waals surface area contributed by atoms with Crippen molar-refractivity contribution in [3.05, 3.63) is 65.0 Å². The number of nitriles is 1. The number of hydrogen-bond acceptors (Lipinski definition) is 2. The molecule has 2 nitrogen and oxygen atoms in total. The number of benzene rings is 2. The van der Waals surface area contributed by atoms with E-state index in [0.717, 1.165) is 5.56 Å². The second-order valence-electron chi connectivity index (χ2n) is 6.07. The molecule has 2 aromatic rings. The van der Waals surface area contributed by atoms with Crippen molar-refractivity contribution in [2.45, 2.75) is 32.7 Å². The lowest BCUT2D eigenvalue weighted by Gasteiger charge is -2.19. The highest BCUT2D eigenvalue weighted by molar-refractivity contribution is 5.58. The van der Waals surface area contributed by atoms with Crippen LogP contribution in [0.15, 0.2) is 42.5 Å². The van der Waals surface area contributed by atoms with Gasteiger partial charge in [0.05, 0.1) is 5.69 Å². The standard InChI is InChI=1S/C18H19FN2/c1-18(2,3)14-9-7-13(8-10-14)12-21-17-6-4-5-16(19)15(17)11-20/h4-10,21H,12H2,1-3H3. The summed E-state index contributed by atoms with van der Waals surface area (Å²) in [6, 6.07) is 14.8. The first-order chi connectivity index (χ1) is 9.91. The quantitative estimate of drug-likeness (QED) is 0.892. The summed E-state index contributed by atoms with van der Waals surface area (Å²) in [6.45, 7) is 7.08. The van der Waals surface area contributed by atoms with Gasteiger partial charge in [0, 0.05) is 6.54 Å². The number of hydrogen-bond donors (Lipinski definition) is 1. The van der Waals surface area contributed by atoms with Gasteiger partial charge in [-0.25, -0.2) is 4.39 Å². The van der Waals surface area contributed by atoms with Crippen molar-refractivity contribution in [1.82, 2.24) is 0 Å². The van der Waals surface area contributed by atoms with E-state index in [0.29, 0.717) is 12.2 Å². The Balaban J connectivity index is 2.11. The van der Waals surface area contributed by atoms with Crippen LogP contribution in [-0.2, 0) is 12.0 Å². The maximum Gasteiger partial charge on any atom is 0.143 e. The Hall–Kier alpha value is -2.34. The lowest BCUT2D eigenvalue weighted by atomic mass is 9.87. The molecule has 0 aliphatic heterocycles. The predicted molar refractivity (Wildman–Crippen MR) is 83.6 cm³/mol. The molecule has 2 aromatic carbocycles. The van der Waals surface area contributed by atoms with E-state index < -0.39 is 5.82 Å². The molecule has 0 aliphatic rings. The molecule has 3 heteroatoms. The van der Waals surface area contributed by atoms with E-state index in [1.165, 1.54) is 11.6 Å². The molecule has 1 N–H and O–H groups in total. The van der Waals surface area contributed by atoms with Crippen LogP contribution in [0.2, 0.25) is 0 Å². The van der Waals surface area contributed by atoms with Crippen LogP contribution in [0.4, 0.5) is 10.1 Å². The van der Waals surface area contributed by atoms with E-state index in [1.54, 1.807) is 12.1 Å². The number of rotatable bonds is 3. The van der Waals surface area contributed by atoms with Crippen LogP contribution in [0.25, 0.3) is 0 Å². The average Bonchev–Trinajstić information content (AvgIpc) is 2.44. The minimum absolute atomic E-state index is 0.0591. The first-order valence-electron chi connectivity index (χ1n) is 6.94. The molecule has 2 rings (SSSR count). The van der Waals surface area contributed by atoms with Gasteiger partial charge in [-0.15, -0.1) is 0 Å². The van der Waals surface area contributed by atoms with Crippen LogP contribution in [-0.4, -0.2) is 0 Å². The second-order valence-corrected chi connectivity index (χ2v) is 6.07. The van der Waals surface area contributed by atoms with E-state index >= 15 is 0 Å². The Morgan fingerprint density at radius 1 is 1.10 bits per heavy atom. The van der Waals surface area contributed by atoms with Gasteiger partial charge in [0.1, 0.15) is 17.4 Å².